The van der Waals surface area contributed by atoms with E-state index in [-0.39, 0.29) is 6.04 Å². The Morgan fingerprint density at radius 2 is 1.85 bits per heavy atom. The molecule has 11 heteroatoms. The van der Waals surface area contributed by atoms with Crippen molar-refractivity contribution in [3.8, 4) is 5.88 Å². The van der Waals surface area contributed by atoms with Gasteiger partial charge in [0.25, 0.3) is 0 Å². The minimum atomic E-state index is -0.863. The first-order chi connectivity index (χ1) is 16.6. The molecule has 0 spiro atoms. The van der Waals surface area contributed by atoms with Crippen molar-refractivity contribution in [2.24, 2.45) is 11.8 Å². The summed E-state index contributed by atoms with van der Waals surface area (Å²) in [5.74, 6) is 0.960. The summed E-state index contributed by atoms with van der Waals surface area (Å²) >= 11 is 0. The average molecular weight is 469 g/mol. The summed E-state index contributed by atoms with van der Waals surface area (Å²) in [6.07, 6.45) is 4.92. The summed E-state index contributed by atoms with van der Waals surface area (Å²) in [5.41, 5.74) is 1.61. The van der Waals surface area contributed by atoms with Crippen LogP contribution in [0.15, 0.2) is 30.5 Å². The molecule has 0 amide bonds. The summed E-state index contributed by atoms with van der Waals surface area (Å²) in [7, 11) is 1.60. The topological polar surface area (TPSA) is 84.2 Å². The molecule has 1 saturated heterocycles. The maximum atomic E-state index is 13.8. The number of methoxy groups -OCH3 is 1. The molecule has 2 fully saturated rings. The van der Waals surface area contributed by atoms with Gasteiger partial charge in [-0.3, -0.25) is 0 Å². The van der Waals surface area contributed by atoms with Crippen LogP contribution in [0.3, 0.4) is 0 Å². The number of piperidine rings is 1. The van der Waals surface area contributed by atoms with Gasteiger partial charge >= 0.3 is 0 Å². The van der Waals surface area contributed by atoms with Crippen LogP contribution in [0.1, 0.15) is 19.3 Å². The zero-order valence-corrected chi connectivity index (χ0v) is 18.9. The second kappa shape index (κ2) is 8.37. The van der Waals surface area contributed by atoms with Gasteiger partial charge in [0.1, 0.15) is 0 Å². The highest BCUT2D eigenvalue weighted by molar-refractivity contribution is 5.59. The first-order valence-electron chi connectivity index (χ1n) is 11.6. The molecule has 1 aromatic carbocycles. The summed E-state index contributed by atoms with van der Waals surface area (Å²) in [4.78, 5) is 9.00. The minimum absolute atomic E-state index is 0.286. The fourth-order valence-corrected chi connectivity index (χ4v) is 5.55. The monoisotopic (exact) mass is 468 g/mol. The molecule has 1 N–H and O–H groups in total. The highest BCUT2D eigenvalue weighted by Gasteiger charge is 2.43. The van der Waals surface area contributed by atoms with Crippen LogP contribution in [-0.4, -0.2) is 57.7 Å². The number of nitrogens with one attached hydrogen (secondary N) is 1. The van der Waals surface area contributed by atoms with Crippen molar-refractivity contribution < 1.29 is 13.5 Å². The Hall–Kier alpha value is -3.50. The predicted molar refractivity (Wildman–Crippen MR) is 122 cm³/mol. The summed E-state index contributed by atoms with van der Waals surface area (Å²) in [6.45, 7) is 3.25. The van der Waals surface area contributed by atoms with Crippen molar-refractivity contribution in [3.05, 3.63) is 42.1 Å². The van der Waals surface area contributed by atoms with Gasteiger partial charge < -0.3 is 19.9 Å². The van der Waals surface area contributed by atoms with Gasteiger partial charge in [-0.2, -0.15) is 10.1 Å². The van der Waals surface area contributed by atoms with E-state index in [2.05, 4.69) is 20.4 Å². The normalized spacial score (nSPS) is 23.7. The van der Waals surface area contributed by atoms with Gasteiger partial charge in [0.15, 0.2) is 11.6 Å². The largest absolute Gasteiger partial charge is 0.480 e. The molecule has 3 atom stereocenters. The van der Waals surface area contributed by atoms with Crippen molar-refractivity contribution in [1.29, 1.82) is 0 Å². The van der Waals surface area contributed by atoms with Crippen LogP contribution < -0.4 is 19.9 Å². The van der Waals surface area contributed by atoms with Crippen molar-refractivity contribution in [2.45, 2.75) is 31.8 Å². The quantitative estimate of drug-likeness (QED) is 0.611. The van der Waals surface area contributed by atoms with Gasteiger partial charge in [-0.1, -0.05) is 0 Å². The standard InChI is InChI=1S/C23H26F2N8O/c1-34-20-10-17(11-26-29-20)31-12-14-3-4-15(13-31)21(14)27-22-28-23-32(7-2-8-33(23)30-22)16-5-6-18(24)19(25)9-16/h5-6,9-11,14-15,21H,2-4,7-8,12-13H2,1H3,(H,27,30)/t14-,15?,21+/m1/s1. The molecule has 1 unspecified atom stereocenters. The number of halogens is 2. The van der Waals surface area contributed by atoms with Gasteiger partial charge in [-0.05, 0) is 43.2 Å². The van der Waals surface area contributed by atoms with Crippen LogP contribution >= 0.6 is 0 Å². The molecule has 2 aliphatic heterocycles. The third-order valence-corrected chi connectivity index (χ3v) is 7.18. The molecule has 1 saturated carbocycles. The molecular weight excluding hydrogens is 442 g/mol. The fraction of sp³-hybridized carbons (Fsp3) is 0.478. The zero-order chi connectivity index (χ0) is 23.2. The van der Waals surface area contributed by atoms with Crippen LogP contribution in [0.25, 0.3) is 0 Å². The lowest BCUT2D eigenvalue weighted by atomic mass is 9.92. The number of ether oxygens (including phenoxy) is 1. The molecular formula is C23H26F2N8O. The van der Waals surface area contributed by atoms with Crippen LogP contribution in [0, 0.1) is 23.5 Å². The highest BCUT2D eigenvalue weighted by atomic mass is 19.2. The molecule has 9 nitrogen and oxygen atoms in total. The van der Waals surface area contributed by atoms with E-state index in [9.17, 15) is 8.78 Å². The lowest BCUT2D eigenvalue weighted by Crippen LogP contribution is -2.48. The molecule has 6 rings (SSSR count). The molecule has 2 aromatic heterocycles. The summed E-state index contributed by atoms with van der Waals surface area (Å²) in [5, 5.41) is 16.3. The molecule has 178 valence electrons. The van der Waals surface area contributed by atoms with E-state index in [4.69, 9.17) is 14.8 Å². The lowest BCUT2D eigenvalue weighted by Gasteiger charge is -2.39. The Labute approximate surface area is 195 Å². The number of aryl methyl sites for hydroxylation is 1. The average Bonchev–Trinajstić information content (AvgIpc) is 3.36. The van der Waals surface area contributed by atoms with Crippen molar-refractivity contribution in [2.75, 3.05) is 41.9 Å². The number of anilines is 4. The Bertz CT molecular complexity index is 1190. The molecule has 4 heterocycles. The van der Waals surface area contributed by atoms with Gasteiger partial charge in [0, 0.05) is 50.0 Å². The Morgan fingerprint density at radius 1 is 1.03 bits per heavy atom. The number of rotatable bonds is 5. The Kier molecular flexibility index (Phi) is 5.19. The molecule has 1 aliphatic carbocycles. The number of aromatic nitrogens is 5. The van der Waals surface area contributed by atoms with E-state index in [1.807, 2.05) is 15.6 Å². The number of fused-ring (bicyclic) bond motifs is 3. The molecule has 2 bridgehead atoms. The van der Waals surface area contributed by atoms with Gasteiger partial charge in [-0.25, -0.2) is 13.5 Å². The molecule has 3 aliphatic rings. The molecule has 34 heavy (non-hydrogen) atoms. The number of benzene rings is 1. The zero-order valence-electron chi connectivity index (χ0n) is 18.9. The second-order valence-corrected chi connectivity index (χ2v) is 9.19. The molecule has 0 radical (unpaired) electrons. The van der Waals surface area contributed by atoms with E-state index < -0.39 is 11.6 Å². The maximum Gasteiger partial charge on any atom is 0.244 e. The summed E-state index contributed by atoms with van der Waals surface area (Å²) < 4.78 is 34.3. The predicted octanol–water partition coefficient (Wildman–Crippen LogP) is 3.22. The highest BCUT2D eigenvalue weighted by Crippen LogP contribution is 2.40. The van der Waals surface area contributed by atoms with E-state index in [0.29, 0.717) is 41.8 Å². The fourth-order valence-electron chi connectivity index (χ4n) is 5.55. The summed E-state index contributed by atoms with van der Waals surface area (Å²) in [6, 6.07) is 6.16. The van der Waals surface area contributed by atoms with Crippen LogP contribution in [0.2, 0.25) is 0 Å². The van der Waals surface area contributed by atoms with Crippen LogP contribution in [0.4, 0.5) is 32.1 Å². The Balaban J connectivity index is 1.20. The van der Waals surface area contributed by atoms with Gasteiger partial charge in [0.2, 0.25) is 17.8 Å². The second-order valence-electron chi connectivity index (χ2n) is 9.19. The third kappa shape index (κ3) is 3.68. The number of hydrogen-bond donors (Lipinski definition) is 1. The lowest BCUT2D eigenvalue weighted by molar-refractivity contribution is 0.372. The van der Waals surface area contributed by atoms with E-state index in [1.54, 1.807) is 19.4 Å². The Morgan fingerprint density at radius 3 is 2.62 bits per heavy atom. The number of hydrogen-bond acceptors (Lipinski definition) is 8. The smallest absolute Gasteiger partial charge is 0.244 e. The first-order valence-corrected chi connectivity index (χ1v) is 11.6. The van der Waals surface area contributed by atoms with Crippen molar-refractivity contribution in [1.82, 2.24) is 25.0 Å². The van der Waals surface area contributed by atoms with Crippen molar-refractivity contribution >= 4 is 23.3 Å². The van der Waals surface area contributed by atoms with E-state index in [0.717, 1.165) is 50.7 Å². The van der Waals surface area contributed by atoms with Gasteiger partial charge in [0.05, 0.1) is 19.0 Å². The maximum absolute atomic E-state index is 13.8. The minimum Gasteiger partial charge on any atom is -0.480 e. The molecule has 3 aromatic rings. The van der Waals surface area contributed by atoms with E-state index >= 15 is 0 Å². The third-order valence-electron chi connectivity index (χ3n) is 7.18. The first kappa shape index (κ1) is 21.1. The SMILES string of the molecule is COc1cc(N2CC3CC[C@H](C2)[C@@H]3Nc2nc3n(n2)CCCN3c2ccc(F)c(F)c2)cnn1. The van der Waals surface area contributed by atoms with Crippen molar-refractivity contribution in [3.63, 3.8) is 0 Å². The van der Waals surface area contributed by atoms with Crippen LogP contribution in [0.5, 0.6) is 5.88 Å². The number of nitrogens with zero attached hydrogens (tertiary/aromatic N) is 7. The van der Waals surface area contributed by atoms with E-state index in [1.165, 1.54) is 6.07 Å². The van der Waals surface area contributed by atoms with Crippen LogP contribution in [-0.2, 0) is 6.54 Å². The van der Waals surface area contributed by atoms with Gasteiger partial charge in [-0.15, -0.1) is 10.2 Å².